The zero-order valence-corrected chi connectivity index (χ0v) is 10.3. The lowest BCUT2D eigenvalue weighted by Gasteiger charge is -2.20. The Morgan fingerprint density at radius 3 is 2.69 bits per heavy atom. The predicted octanol–water partition coefficient (Wildman–Crippen LogP) is 0.433. The number of nitrogens with zero attached hydrogens (tertiary/aromatic N) is 3. The lowest BCUT2D eigenvalue weighted by atomic mass is 10.3. The van der Waals surface area contributed by atoms with E-state index >= 15 is 0 Å². The van der Waals surface area contributed by atoms with Gasteiger partial charge >= 0.3 is 0 Å². The number of rotatable bonds is 5. The van der Waals surface area contributed by atoms with Crippen molar-refractivity contribution in [2.24, 2.45) is 5.84 Å². The van der Waals surface area contributed by atoms with Gasteiger partial charge in [-0.15, -0.1) is 0 Å². The highest BCUT2D eigenvalue weighted by Gasteiger charge is 2.05. The van der Waals surface area contributed by atoms with Crippen LogP contribution in [0.15, 0.2) is 6.07 Å². The fourth-order valence-corrected chi connectivity index (χ4v) is 1.16. The number of hydrazine groups is 1. The van der Waals surface area contributed by atoms with E-state index in [1.807, 2.05) is 27.1 Å². The quantitative estimate of drug-likeness (QED) is 0.497. The molecule has 1 aromatic rings. The zero-order valence-electron chi connectivity index (χ0n) is 10.3. The van der Waals surface area contributed by atoms with Crippen LogP contribution in [0.4, 0.5) is 11.8 Å². The summed E-state index contributed by atoms with van der Waals surface area (Å²) < 4.78 is 0. The second kappa shape index (κ2) is 5.62. The summed E-state index contributed by atoms with van der Waals surface area (Å²) in [7, 11) is 4.09. The van der Waals surface area contributed by atoms with Crippen molar-refractivity contribution in [3.8, 4) is 0 Å². The topological polar surface area (TPSA) is 79.1 Å². The summed E-state index contributed by atoms with van der Waals surface area (Å²) >= 11 is 0. The van der Waals surface area contributed by atoms with Crippen molar-refractivity contribution >= 4 is 11.8 Å². The summed E-state index contributed by atoms with van der Waals surface area (Å²) in [6.45, 7) is 4.87. The van der Waals surface area contributed by atoms with Crippen LogP contribution >= 0.6 is 0 Å². The highest BCUT2D eigenvalue weighted by atomic mass is 15.3. The van der Waals surface area contributed by atoms with Crippen LogP contribution in [0.1, 0.15) is 12.6 Å². The van der Waals surface area contributed by atoms with Crippen LogP contribution in [0.5, 0.6) is 0 Å². The molecular formula is C10H20N6. The summed E-state index contributed by atoms with van der Waals surface area (Å²) in [6, 6.07) is 2.33. The lowest BCUT2D eigenvalue weighted by Crippen LogP contribution is -2.31. The number of hydrogen-bond acceptors (Lipinski definition) is 6. The molecule has 1 aromatic heterocycles. The maximum atomic E-state index is 5.28. The van der Waals surface area contributed by atoms with Gasteiger partial charge in [0.05, 0.1) is 0 Å². The number of hydrogen-bond donors (Lipinski definition) is 3. The van der Waals surface area contributed by atoms with Gasteiger partial charge in [0.1, 0.15) is 5.82 Å². The summed E-state index contributed by atoms with van der Waals surface area (Å²) in [4.78, 5) is 10.5. The molecule has 0 saturated carbocycles. The monoisotopic (exact) mass is 224 g/mol. The zero-order chi connectivity index (χ0) is 12.1. The Bertz CT molecular complexity index is 338. The van der Waals surface area contributed by atoms with E-state index in [0.717, 1.165) is 18.1 Å². The Hall–Kier alpha value is -1.40. The Balaban J connectivity index is 2.63. The first-order valence-electron chi connectivity index (χ1n) is 5.25. The predicted molar refractivity (Wildman–Crippen MR) is 66.2 cm³/mol. The molecule has 0 aliphatic carbocycles. The second-order valence-electron chi connectivity index (χ2n) is 4.06. The molecule has 0 bridgehead atoms. The third-order valence-electron chi connectivity index (χ3n) is 2.44. The minimum Gasteiger partial charge on any atom is -0.368 e. The minimum absolute atomic E-state index is 0.431. The number of nitrogens with two attached hydrogens (primary N) is 1. The first kappa shape index (κ1) is 12.7. The maximum Gasteiger partial charge on any atom is 0.239 e. The molecule has 6 nitrogen and oxygen atoms in total. The van der Waals surface area contributed by atoms with Gasteiger partial charge in [-0.05, 0) is 27.9 Å². The molecular weight excluding hydrogens is 204 g/mol. The fraction of sp³-hybridized carbons (Fsp3) is 0.600. The highest BCUT2D eigenvalue weighted by molar-refractivity contribution is 5.41. The SMILES string of the molecule is Cc1cc(NCC(C)N(C)C)nc(NN)n1. The Morgan fingerprint density at radius 1 is 1.44 bits per heavy atom. The van der Waals surface area contributed by atoms with Crippen LogP contribution in [0, 0.1) is 6.92 Å². The van der Waals surface area contributed by atoms with Gasteiger partial charge < -0.3 is 10.2 Å². The standard InChI is InChI=1S/C10H20N6/c1-7-5-9(14-10(13-7)15-11)12-6-8(2)16(3)4/h5,8H,6,11H2,1-4H3,(H2,12,13,14,15). The molecule has 0 saturated heterocycles. The molecule has 90 valence electrons. The number of nitrogens with one attached hydrogen (secondary N) is 2. The van der Waals surface area contributed by atoms with Crippen molar-refractivity contribution in [2.45, 2.75) is 19.9 Å². The lowest BCUT2D eigenvalue weighted by molar-refractivity contribution is 0.326. The molecule has 1 heterocycles. The molecule has 0 fully saturated rings. The van der Waals surface area contributed by atoms with Gasteiger partial charge in [-0.25, -0.2) is 10.8 Å². The van der Waals surface area contributed by atoms with E-state index in [1.165, 1.54) is 0 Å². The average molecular weight is 224 g/mol. The number of aromatic nitrogens is 2. The molecule has 0 aliphatic heterocycles. The number of anilines is 2. The van der Waals surface area contributed by atoms with Crippen molar-refractivity contribution in [1.29, 1.82) is 0 Å². The van der Waals surface area contributed by atoms with E-state index in [2.05, 4.69) is 32.5 Å². The van der Waals surface area contributed by atoms with Gasteiger partial charge in [0, 0.05) is 24.3 Å². The third-order valence-corrected chi connectivity index (χ3v) is 2.44. The van der Waals surface area contributed by atoms with Gasteiger partial charge in [0.2, 0.25) is 5.95 Å². The normalized spacial score (nSPS) is 12.6. The van der Waals surface area contributed by atoms with Crippen molar-refractivity contribution in [3.05, 3.63) is 11.8 Å². The second-order valence-corrected chi connectivity index (χ2v) is 4.06. The molecule has 1 atom stereocenters. The first-order chi connectivity index (χ1) is 7.52. The van der Waals surface area contributed by atoms with Crippen LogP contribution < -0.4 is 16.6 Å². The summed E-state index contributed by atoms with van der Waals surface area (Å²) in [5.74, 6) is 6.50. The minimum atomic E-state index is 0.431. The van der Waals surface area contributed by atoms with Gasteiger partial charge in [0.15, 0.2) is 0 Å². The van der Waals surface area contributed by atoms with Crippen LogP contribution in [-0.2, 0) is 0 Å². The number of nitrogen functional groups attached to an aromatic ring is 1. The van der Waals surface area contributed by atoms with Crippen molar-refractivity contribution in [1.82, 2.24) is 14.9 Å². The molecule has 1 rings (SSSR count). The number of aryl methyl sites for hydroxylation is 1. The first-order valence-corrected chi connectivity index (χ1v) is 5.25. The summed E-state index contributed by atoms with van der Waals surface area (Å²) in [6.07, 6.45) is 0. The van der Waals surface area contributed by atoms with E-state index in [1.54, 1.807) is 0 Å². The summed E-state index contributed by atoms with van der Waals surface area (Å²) in [5, 5.41) is 3.25. The highest BCUT2D eigenvalue weighted by Crippen LogP contribution is 2.08. The van der Waals surface area contributed by atoms with Crippen LogP contribution in [0.2, 0.25) is 0 Å². The molecule has 0 spiro atoms. The molecule has 6 heteroatoms. The molecule has 0 radical (unpaired) electrons. The maximum absolute atomic E-state index is 5.28. The molecule has 0 aliphatic rings. The van der Waals surface area contributed by atoms with Crippen molar-refractivity contribution < 1.29 is 0 Å². The van der Waals surface area contributed by atoms with Crippen molar-refractivity contribution in [3.63, 3.8) is 0 Å². The van der Waals surface area contributed by atoms with E-state index in [0.29, 0.717) is 12.0 Å². The van der Waals surface area contributed by atoms with E-state index in [4.69, 9.17) is 5.84 Å². The smallest absolute Gasteiger partial charge is 0.239 e. The largest absolute Gasteiger partial charge is 0.368 e. The van der Waals surface area contributed by atoms with Gasteiger partial charge in [-0.2, -0.15) is 4.98 Å². The van der Waals surface area contributed by atoms with E-state index in [-0.39, 0.29) is 0 Å². The van der Waals surface area contributed by atoms with Gasteiger partial charge in [0.25, 0.3) is 0 Å². The van der Waals surface area contributed by atoms with Gasteiger partial charge in [-0.3, -0.25) is 5.43 Å². The fourth-order valence-electron chi connectivity index (χ4n) is 1.16. The van der Waals surface area contributed by atoms with E-state index in [9.17, 15) is 0 Å². The third kappa shape index (κ3) is 3.63. The van der Waals surface area contributed by atoms with Crippen LogP contribution in [-0.4, -0.2) is 41.5 Å². The molecule has 0 aromatic carbocycles. The Labute approximate surface area is 96.2 Å². The van der Waals surface area contributed by atoms with Gasteiger partial charge in [-0.1, -0.05) is 0 Å². The Morgan fingerprint density at radius 2 is 2.12 bits per heavy atom. The van der Waals surface area contributed by atoms with Crippen LogP contribution in [0.25, 0.3) is 0 Å². The van der Waals surface area contributed by atoms with E-state index < -0.39 is 0 Å². The summed E-state index contributed by atoms with van der Waals surface area (Å²) in [5.41, 5.74) is 3.32. The molecule has 0 amide bonds. The molecule has 16 heavy (non-hydrogen) atoms. The molecule has 1 unspecified atom stereocenters. The van der Waals surface area contributed by atoms with Crippen LogP contribution in [0.3, 0.4) is 0 Å². The van der Waals surface area contributed by atoms with Crippen molar-refractivity contribution in [2.75, 3.05) is 31.4 Å². The average Bonchev–Trinajstić information content (AvgIpc) is 2.24. The molecule has 4 N–H and O–H groups in total. The Kier molecular flexibility index (Phi) is 4.45. The number of likely N-dealkylation sites (N-methyl/N-ethyl adjacent to an activating group) is 1.